The summed E-state index contributed by atoms with van der Waals surface area (Å²) < 4.78 is 34.4. The second kappa shape index (κ2) is 36.5. The number of phosphoric ester groups is 1. The Morgan fingerprint density at radius 2 is 0.902 bits per heavy atom. The lowest BCUT2D eigenvalue weighted by atomic mass is 10.0. The van der Waals surface area contributed by atoms with E-state index in [9.17, 15) is 14.3 Å². The number of phosphoric acid groups is 1. The maximum absolute atomic E-state index is 12.6. The van der Waals surface area contributed by atoms with Crippen LogP contribution in [0.5, 0.6) is 0 Å². The maximum atomic E-state index is 12.6. The fourth-order valence-electron chi connectivity index (χ4n) is 6.25. The number of esters is 1. The molecule has 9 heteroatoms. The molecule has 0 rings (SSSR count). The predicted octanol–water partition coefficient (Wildman–Crippen LogP) is 11.9. The summed E-state index contributed by atoms with van der Waals surface area (Å²) in [5, 5.41) is 0. The Balaban J connectivity index is 4.04. The molecule has 2 atom stereocenters. The van der Waals surface area contributed by atoms with Crippen molar-refractivity contribution in [1.29, 1.82) is 0 Å². The topological polar surface area (TPSA) is 94.1 Å². The first-order chi connectivity index (χ1) is 24.6. The zero-order valence-corrected chi connectivity index (χ0v) is 35.5. The van der Waals surface area contributed by atoms with Gasteiger partial charge in [0.25, 0.3) is 7.82 Å². The highest BCUT2D eigenvalue weighted by molar-refractivity contribution is 7.45. The molecule has 2 unspecified atom stereocenters. The van der Waals surface area contributed by atoms with Crippen LogP contribution in [0.1, 0.15) is 206 Å². The first-order valence-corrected chi connectivity index (χ1v) is 23.2. The highest BCUT2D eigenvalue weighted by atomic mass is 31.2. The Labute approximate surface area is 317 Å². The summed E-state index contributed by atoms with van der Waals surface area (Å²) in [5.41, 5.74) is 0. The van der Waals surface area contributed by atoms with Gasteiger partial charge in [-0.25, -0.2) is 0 Å². The molecule has 0 saturated heterocycles. The third-order valence-corrected chi connectivity index (χ3v) is 10.6. The van der Waals surface area contributed by atoms with E-state index in [2.05, 4.69) is 13.8 Å². The van der Waals surface area contributed by atoms with E-state index in [1.54, 1.807) is 0 Å². The number of carbonyl (C=O) groups excluding carboxylic acids is 1. The molecule has 0 fully saturated rings. The molecular weight excluding hydrogens is 661 g/mol. The quantitative estimate of drug-likeness (QED) is 0.0266. The molecule has 0 amide bonds. The van der Waals surface area contributed by atoms with E-state index in [1.807, 2.05) is 21.1 Å². The summed E-state index contributed by atoms with van der Waals surface area (Å²) in [4.78, 5) is 24.9. The lowest BCUT2D eigenvalue weighted by Crippen LogP contribution is -2.37. The number of carbonyl (C=O) groups is 1. The number of hydrogen-bond acceptors (Lipinski definition) is 7. The molecule has 0 aromatic heterocycles. The number of quaternary nitrogens is 1. The molecule has 0 aromatic carbocycles. The Hall–Kier alpha value is -0.500. The SMILES string of the molecule is CCCCCCCCCCCCCCCCCCCCCCCC(=O)OC(COCCCCCCCCCC)COP(=O)([O-])OCC[N+](C)(C)C. The van der Waals surface area contributed by atoms with Crippen LogP contribution in [0.3, 0.4) is 0 Å². The van der Waals surface area contributed by atoms with Crippen molar-refractivity contribution >= 4 is 13.8 Å². The van der Waals surface area contributed by atoms with E-state index >= 15 is 0 Å². The van der Waals surface area contributed by atoms with E-state index in [0.717, 1.165) is 32.1 Å². The summed E-state index contributed by atoms with van der Waals surface area (Å²) in [7, 11) is 1.37. The van der Waals surface area contributed by atoms with Crippen molar-refractivity contribution in [3.63, 3.8) is 0 Å². The van der Waals surface area contributed by atoms with Gasteiger partial charge in [-0.2, -0.15) is 0 Å². The van der Waals surface area contributed by atoms with Crippen molar-refractivity contribution < 1.29 is 37.3 Å². The van der Waals surface area contributed by atoms with Crippen LogP contribution in [0.2, 0.25) is 0 Å². The largest absolute Gasteiger partial charge is 0.756 e. The molecule has 0 spiro atoms. The summed E-state index contributed by atoms with van der Waals surface area (Å²) in [6.45, 7) is 5.43. The monoisotopic (exact) mass is 748 g/mol. The molecule has 0 aliphatic rings. The number of unbranched alkanes of at least 4 members (excludes halogenated alkanes) is 27. The van der Waals surface area contributed by atoms with E-state index in [-0.39, 0.29) is 25.8 Å². The third kappa shape index (κ3) is 40.5. The lowest BCUT2D eigenvalue weighted by molar-refractivity contribution is -0.870. The normalized spacial score (nSPS) is 13.8. The average Bonchev–Trinajstić information content (AvgIpc) is 3.08. The zero-order chi connectivity index (χ0) is 37.7. The highest BCUT2D eigenvalue weighted by Gasteiger charge is 2.20. The minimum atomic E-state index is -4.51. The van der Waals surface area contributed by atoms with E-state index in [4.69, 9.17) is 18.5 Å². The molecule has 0 aliphatic heterocycles. The van der Waals surface area contributed by atoms with Gasteiger partial charge in [-0.3, -0.25) is 9.36 Å². The summed E-state index contributed by atoms with van der Waals surface area (Å²) in [6, 6.07) is 0. The minimum absolute atomic E-state index is 0.0309. The van der Waals surface area contributed by atoms with Crippen LogP contribution >= 0.6 is 7.82 Å². The van der Waals surface area contributed by atoms with Gasteiger partial charge in [0, 0.05) is 13.0 Å². The lowest BCUT2D eigenvalue weighted by Gasteiger charge is -2.28. The van der Waals surface area contributed by atoms with Gasteiger partial charge in [0.05, 0.1) is 34.4 Å². The van der Waals surface area contributed by atoms with Crippen molar-refractivity contribution in [2.75, 3.05) is 54.1 Å². The molecule has 0 radical (unpaired) electrons. The number of ether oxygens (including phenoxy) is 2. The van der Waals surface area contributed by atoms with Crippen LogP contribution in [0.4, 0.5) is 0 Å². The van der Waals surface area contributed by atoms with Gasteiger partial charge < -0.3 is 27.9 Å². The summed E-state index contributed by atoms with van der Waals surface area (Å²) in [5.74, 6) is -0.330. The Morgan fingerprint density at radius 3 is 1.29 bits per heavy atom. The van der Waals surface area contributed by atoms with Crippen LogP contribution in [0, 0.1) is 0 Å². The van der Waals surface area contributed by atoms with E-state index in [1.165, 1.54) is 154 Å². The molecule has 0 aromatic rings. The first-order valence-electron chi connectivity index (χ1n) is 21.8. The predicted molar refractivity (Wildman–Crippen MR) is 213 cm³/mol. The van der Waals surface area contributed by atoms with Gasteiger partial charge in [-0.1, -0.05) is 187 Å². The number of likely N-dealkylation sites (N-methyl/N-ethyl adjacent to an activating group) is 1. The maximum Gasteiger partial charge on any atom is 0.306 e. The van der Waals surface area contributed by atoms with Gasteiger partial charge in [-0.15, -0.1) is 0 Å². The molecular formula is C42H86NO7P. The molecule has 8 nitrogen and oxygen atoms in total. The first kappa shape index (κ1) is 50.5. The van der Waals surface area contributed by atoms with Gasteiger partial charge in [0.1, 0.15) is 19.3 Å². The van der Waals surface area contributed by atoms with Crippen molar-refractivity contribution in [3.8, 4) is 0 Å². The van der Waals surface area contributed by atoms with Crippen LogP contribution in [0.25, 0.3) is 0 Å². The van der Waals surface area contributed by atoms with Crippen molar-refractivity contribution in [1.82, 2.24) is 0 Å². The number of nitrogens with zero attached hydrogens (tertiary/aromatic N) is 1. The number of rotatable bonds is 41. The molecule has 0 bridgehead atoms. The summed E-state index contributed by atoms with van der Waals surface area (Å²) in [6.07, 6.45) is 36.9. The van der Waals surface area contributed by atoms with Crippen LogP contribution in [0.15, 0.2) is 0 Å². The molecule has 51 heavy (non-hydrogen) atoms. The molecule has 0 heterocycles. The van der Waals surface area contributed by atoms with Crippen molar-refractivity contribution in [2.45, 2.75) is 213 Å². The van der Waals surface area contributed by atoms with Crippen LogP contribution < -0.4 is 4.89 Å². The zero-order valence-electron chi connectivity index (χ0n) is 34.6. The number of hydrogen-bond donors (Lipinski definition) is 0. The van der Waals surface area contributed by atoms with Gasteiger partial charge in [0.15, 0.2) is 0 Å². The van der Waals surface area contributed by atoms with Gasteiger partial charge >= 0.3 is 5.97 Å². The Morgan fingerprint density at radius 1 is 0.529 bits per heavy atom. The summed E-state index contributed by atoms with van der Waals surface area (Å²) >= 11 is 0. The van der Waals surface area contributed by atoms with Crippen molar-refractivity contribution in [3.05, 3.63) is 0 Å². The standard InChI is InChI=1S/C42H86NO7P/c1-6-8-10-12-14-16-17-18-19-20-21-22-23-24-25-26-27-28-29-31-33-35-42(44)50-41(39-47-37-34-32-30-15-13-11-9-7-2)40-49-51(45,46)48-38-36-43(3,4)5/h41H,6-40H2,1-5H3. The average molecular weight is 748 g/mol. The van der Waals surface area contributed by atoms with Crippen LogP contribution in [-0.2, 0) is 27.9 Å². The van der Waals surface area contributed by atoms with E-state index < -0.39 is 13.9 Å². The molecule has 306 valence electrons. The van der Waals surface area contributed by atoms with Crippen molar-refractivity contribution in [2.24, 2.45) is 0 Å². The second-order valence-electron chi connectivity index (χ2n) is 16.1. The molecule has 0 saturated carbocycles. The van der Waals surface area contributed by atoms with Crippen LogP contribution in [-0.4, -0.2) is 70.7 Å². The second-order valence-corrected chi connectivity index (χ2v) is 17.5. The molecule has 0 N–H and O–H groups in total. The fraction of sp³-hybridized carbons (Fsp3) is 0.976. The van der Waals surface area contributed by atoms with Gasteiger partial charge in [-0.05, 0) is 12.8 Å². The molecule has 0 aliphatic carbocycles. The van der Waals surface area contributed by atoms with E-state index in [0.29, 0.717) is 24.1 Å². The third-order valence-electron chi connectivity index (χ3n) is 9.66. The smallest absolute Gasteiger partial charge is 0.306 e. The van der Waals surface area contributed by atoms with Gasteiger partial charge in [0.2, 0.25) is 0 Å². The highest BCUT2D eigenvalue weighted by Crippen LogP contribution is 2.38. The minimum Gasteiger partial charge on any atom is -0.756 e. The Bertz CT molecular complexity index is 792. The fourth-order valence-corrected chi connectivity index (χ4v) is 6.98. The Kier molecular flexibility index (Phi) is 36.1.